The highest BCUT2D eigenvalue weighted by Crippen LogP contribution is 2.38. The summed E-state index contributed by atoms with van der Waals surface area (Å²) in [7, 11) is 0. The molecule has 1 heterocycles. The molecule has 0 saturated carbocycles. The number of aryl methyl sites for hydroxylation is 1. The number of ether oxygens (including phenoxy) is 1. The van der Waals surface area contributed by atoms with Crippen LogP contribution in [-0.4, -0.2) is 35.9 Å². The molecule has 2 aromatic rings. The molecule has 29 heavy (non-hydrogen) atoms. The number of amides is 2. The van der Waals surface area contributed by atoms with Crippen molar-refractivity contribution < 1.29 is 19.4 Å². The van der Waals surface area contributed by atoms with Gasteiger partial charge in [0.1, 0.15) is 5.75 Å². The molecule has 0 saturated heterocycles. The zero-order valence-electron chi connectivity index (χ0n) is 16.8. The number of benzene rings is 2. The van der Waals surface area contributed by atoms with Gasteiger partial charge in [0.25, 0.3) is 11.8 Å². The summed E-state index contributed by atoms with van der Waals surface area (Å²) in [5, 5.41) is 9.23. The fourth-order valence-electron chi connectivity index (χ4n) is 3.03. The average Bonchev–Trinajstić information content (AvgIpc) is 2.94. The molecule has 0 fully saturated rings. The zero-order valence-corrected chi connectivity index (χ0v) is 17.7. The Bertz CT molecular complexity index is 934. The van der Waals surface area contributed by atoms with Gasteiger partial charge >= 0.3 is 0 Å². The predicted molar refractivity (Wildman–Crippen MR) is 117 cm³/mol. The van der Waals surface area contributed by atoms with E-state index in [0.717, 1.165) is 11.3 Å². The Morgan fingerprint density at radius 1 is 1.07 bits per heavy atom. The summed E-state index contributed by atoms with van der Waals surface area (Å²) in [6.07, 6.45) is 0. The number of rotatable bonds is 8. The molecule has 0 unspecified atom stereocenters. The van der Waals surface area contributed by atoms with Crippen molar-refractivity contribution in [2.45, 2.75) is 20.8 Å². The maximum absolute atomic E-state index is 13.2. The van der Waals surface area contributed by atoms with E-state index < -0.39 is 0 Å². The van der Waals surface area contributed by atoms with Crippen molar-refractivity contribution in [3.8, 4) is 5.75 Å². The number of hydrogen-bond acceptors (Lipinski definition) is 5. The van der Waals surface area contributed by atoms with Crippen LogP contribution in [0.1, 0.15) is 25.0 Å². The molecule has 5 nitrogen and oxygen atoms in total. The Labute approximate surface area is 175 Å². The molecule has 1 aliphatic rings. The Kier molecular flexibility index (Phi) is 6.77. The summed E-state index contributed by atoms with van der Waals surface area (Å²) in [6.45, 7) is 6.60. The van der Waals surface area contributed by atoms with Crippen LogP contribution in [-0.2, 0) is 9.59 Å². The lowest BCUT2D eigenvalue weighted by Gasteiger charge is -2.15. The van der Waals surface area contributed by atoms with Gasteiger partial charge in [0.05, 0.1) is 29.4 Å². The second kappa shape index (κ2) is 9.29. The summed E-state index contributed by atoms with van der Waals surface area (Å²) < 4.78 is 5.71. The number of imide groups is 1. The normalized spacial score (nSPS) is 14.3. The number of aliphatic hydroxyl groups is 1. The molecule has 3 rings (SSSR count). The van der Waals surface area contributed by atoms with Crippen LogP contribution >= 0.6 is 11.8 Å². The monoisotopic (exact) mass is 411 g/mol. The van der Waals surface area contributed by atoms with Gasteiger partial charge in [-0.25, -0.2) is 4.90 Å². The van der Waals surface area contributed by atoms with Gasteiger partial charge in [-0.2, -0.15) is 0 Å². The van der Waals surface area contributed by atoms with E-state index in [1.54, 1.807) is 18.2 Å². The molecular weight excluding hydrogens is 386 g/mol. The van der Waals surface area contributed by atoms with Gasteiger partial charge in [-0.1, -0.05) is 38.1 Å². The molecule has 0 aromatic heterocycles. The Morgan fingerprint density at radius 2 is 1.79 bits per heavy atom. The molecule has 6 heteroatoms. The highest BCUT2D eigenvalue weighted by Gasteiger charge is 2.40. The standard InChI is InChI=1S/C23H25NO4S/c1-15(2)14-28-19-9-7-17(8-10-19)20-21(29-12-11-25)23(27)24(22(20)26)18-6-4-5-16(3)13-18/h4-10,13,15,25H,11-12,14H2,1-3H3. The predicted octanol–water partition coefficient (Wildman–Crippen LogP) is 4.04. The van der Waals surface area contributed by atoms with Crippen molar-refractivity contribution in [1.29, 1.82) is 0 Å². The van der Waals surface area contributed by atoms with E-state index in [1.165, 1.54) is 16.7 Å². The summed E-state index contributed by atoms with van der Waals surface area (Å²) >= 11 is 1.21. The van der Waals surface area contributed by atoms with Gasteiger partial charge < -0.3 is 9.84 Å². The summed E-state index contributed by atoms with van der Waals surface area (Å²) in [5.74, 6) is 0.775. The first-order chi connectivity index (χ1) is 13.9. The fourth-order valence-corrected chi connectivity index (χ4v) is 3.89. The minimum atomic E-state index is -0.353. The molecular formula is C23H25NO4S. The molecule has 2 aromatic carbocycles. The fraction of sp³-hybridized carbons (Fsp3) is 0.304. The smallest absolute Gasteiger partial charge is 0.272 e. The molecule has 0 bridgehead atoms. The molecule has 1 aliphatic heterocycles. The SMILES string of the molecule is Cc1cccc(N2C(=O)C(SCCO)=C(c3ccc(OCC(C)C)cc3)C2=O)c1. The molecule has 1 N–H and O–H groups in total. The Balaban J connectivity index is 1.95. The Morgan fingerprint density at radius 3 is 2.41 bits per heavy atom. The van der Waals surface area contributed by atoms with Crippen molar-refractivity contribution in [2.24, 2.45) is 5.92 Å². The number of carbonyl (C=O) groups is 2. The first-order valence-corrected chi connectivity index (χ1v) is 10.6. The Hall–Kier alpha value is -2.57. The molecule has 152 valence electrons. The summed E-state index contributed by atoms with van der Waals surface area (Å²) in [4.78, 5) is 27.9. The van der Waals surface area contributed by atoms with Gasteiger partial charge in [0.2, 0.25) is 0 Å². The van der Waals surface area contributed by atoms with Crippen LogP contribution in [0, 0.1) is 12.8 Å². The first kappa shape index (κ1) is 21.1. The molecule has 0 spiro atoms. The van der Waals surface area contributed by atoms with Crippen LogP contribution in [0.5, 0.6) is 5.75 Å². The minimum absolute atomic E-state index is 0.0741. The van der Waals surface area contributed by atoms with Gasteiger partial charge in [0, 0.05) is 5.75 Å². The van der Waals surface area contributed by atoms with Crippen LogP contribution in [0.25, 0.3) is 5.57 Å². The highest BCUT2D eigenvalue weighted by atomic mass is 32.2. The second-order valence-electron chi connectivity index (χ2n) is 7.29. The highest BCUT2D eigenvalue weighted by molar-refractivity contribution is 8.04. The summed E-state index contributed by atoms with van der Waals surface area (Å²) in [6, 6.07) is 14.5. The average molecular weight is 412 g/mol. The lowest BCUT2D eigenvalue weighted by atomic mass is 10.1. The van der Waals surface area contributed by atoms with E-state index in [9.17, 15) is 14.7 Å². The number of aliphatic hydroxyl groups excluding tert-OH is 1. The van der Waals surface area contributed by atoms with Crippen molar-refractivity contribution in [2.75, 3.05) is 23.9 Å². The van der Waals surface area contributed by atoms with Crippen LogP contribution in [0.15, 0.2) is 53.4 Å². The molecule has 0 atom stereocenters. The van der Waals surface area contributed by atoms with Crippen molar-refractivity contribution in [3.63, 3.8) is 0 Å². The molecule has 2 amide bonds. The quantitative estimate of drug-likeness (QED) is 0.664. The zero-order chi connectivity index (χ0) is 21.0. The van der Waals surface area contributed by atoms with E-state index in [2.05, 4.69) is 13.8 Å². The maximum atomic E-state index is 13.2. The maximum Gasteiger partial charge on any atom is 0.272 e. The van der Waals surface area contributed by atoms with Crippen LogP contribution in [0.2, 0.25) is 0 Å². The third-order valence-electron chi connectivity index (χ3n) is 4.37. The lowest BCUT2D eigenvalue weighted by molar-refractivity contribution is -0.119. The van der Waals surface area contributed by atoms with E-state index in [4.69, 9.17) is 4.74 Å². The molecule has 0 radical (unpaired) electrons. The number of anilines is 1. The van der Waals surface area contributed by atoms with E-state index in [0.29, 0.717) is 40.0 Å². The van der Waals surface area contributed by atoms with E-state index in [-0.39, 0.29) is 18.4 Å². The van der Waals surface area contributed by atoms with Crippen LogP contribution in [0.4, 0.5) is 5.69 Å². The largest absolute Gasteiger partial charge is 0.493 e. The van der Waals surface area contributed by atoms with Gasteiger partial charge in [-0.3, -0.25) is 9.59 Å². The third-order valence-corrected chi connectivity index (χ3v) is 5.42. The number of hydrogen-bond donors (Lipinski definition) is 1. The lowest BCUT2D eigenvalue weighted by Crippen LogP contribution is -2.31. The number of thioether (sulfide) groups is 1. The van der Waals surface area contributed by atoms with Gasteiger partial charge in [-0.15, -0.1) is 11.8 Å². The van der Waals surface area contributed by atoms with Crippen molar-refractivity contribution >= 4 is 34.8 Å². The van der Waals surface area contributed by atoms with E-state index in [1.807, 2.05) is 37.3 Å². The second-order valence-corrected chi connectivity index (χ2v) is 8.40. The van der Waals surface area contributed by atoms with Gasteiger partial charge in [-0.05, 0) is 48.2 Å². The summed E-state index contributed by atoms with van der Waals surface area (Å²) in [5.41, 5.74) is 2.54. The minimum Gasteiger partial charge on any atom is -0.493 e. The topological polar surface area (TPSA) is 66.8 Å². The van der Waals surface area contributed by atoms with Crippen LogP contribution < -0.4 is 9.64 Å². The molecule has 0 aliphatic carbocycles. The van der Waals surface area contributed by atoms with Crippen LogP contribution in [0.3, 0.4) is 0 Å². The van der Waals surface area contributed by atoms with Crippen molar-refractivity contribution in [3.05, 3.63) is 64.6 Å². The first-order valence-electron chi connectivity index (χ1n) is 9.59. The number of carbonyl (C=O) groups excluding carboxylic acids is 2. The third kappa shape index (κ3) is 4.71. The number of nitrogens with zero attached hydrogens (tertiary/aromatic N) is 1. The van der Waals surface area contributed by atoms with E-state index >= 15 is 0 Å². The van der Waals surface area contributed by atoms with Gasteiger partial charge in [0.15, 0.2) is 0 Å². The van der Waals surface area contributed by atoms with Crippen molar-refractivity contribution in [1.82, 2.24) is 0 Å².